The van der Waals surface area contributed by atoms with Crippen LogP contribution in [0.5, 0.6) is 0 Å². The van der Waals surface area contributed by atoms with Crippen LogP contribution >= 0.6 is 11.6 Å². The molecule has 0 spiro atoms. The third kappa shape index (κ3) is 3.13. The van der Waals surface area contributed by atoms with Crippen LogP contribution in [0.2, 0.25) is 5.02 Å². The minimum absolute atomic E-state index is 0.536. The Bertz CT molecular complexity index is 445. The van der Waals surface area contributed by atoms with Crippen molar-refractivity contribution in [2.75, 3.05) is 19.5 Å². The number of carbonyl (C=O) groups excluding carboxylic acids is 2. The van der Waals surface area contributed by atoms with E-state index in [0.717, 1.165) is 5.56 Å². The minimum atomic E-state index is -1.21. The van der Waals surface area contributed by atoms with E-state index >= 15 is 0 Å². The Morgan fingerprint density at radius 3 is 2.28 bits per heavy atom. The number of halogens is 1. The first-order chi connectivity index (χ1) is 8.51. The molecular weight excluding hydrogens is 258 g/mol. The number of carbonyl (C=O) groups is 2. The predicted molar refractivity (Wildman–Crippen MR) is 67.6 cm³/mol. The van der Waals surface area contributed by atoms with Gasteiger partial charge in [0.1, 0.15) is 0 Å². The van der Waals surface area contributed by atoms with Crippen molar-refractivity contribution in [3.63, 3.8) is 0 Å². The zero-order valence-corrected chi connectivity index (χ0v) is 11.1. The van der Waals surface area contributed by atoms with Gasteiger partial charge in [-0.15, -0.1) is 0 Å². The summed E-state index contributed by atoms with van der Waals surface area (Å²) >= 11 is 5.95. The van der Waals surface area contributed by atoms with Crippen LogP contribution in [0.25, 0.3) is 0 Å². The lowest BCUT2D eigenvalue weighted by Crippen LogP contribution is -2.39. The average Bonchev–Trinajstić information content (AvgIpc) is 2.38. The highest BCUT2D eigenvalue weighted by Crippen LogP contribution is 2.23. The third-order valence-electron chi connectivity index (χ3n) is 2.44. The average molecular weight is 272 g/mol. The van der Waals surface area contributed by atoms with Gasteiger partial charge in [0, 0.05) is 10.7 Å². The molecule has 1 rings (SSSR count). The van der Waals surface area contributed by atoms with Crippen molar-refractivity contribution < 1.29 is 19.1 Å². The number of nitrogens with one attached hydrogen (secondary N) is 1. The maximum Gasteiger partial charge on any atom is 0.340 e. The number of hydrogen-bond donors (Lipinski definition) is 1. The van der Waals surface area contributed by atoms with Crippen LogP contribution < -0.4 is 5.32 Å². The standard InChI is InChI=1S/C12H14ClNO4/c1-7-8(13)5-4-6-9(7)14-10(11(15)17-2)12(16)18-3/h4-6,10,14H,1-3H3. The second-order valence-electron chi connectivity index (χ2n) is 3.54. The largest absolute Gasteiger partial charge is 0.467 e. The smallest absolute Gasteiger partial charge is 0.340 e. The van der Waals surface area contributed by atoms with Crippen LogP contribution in [-0.2, 0) is 19.1 Å². The second kappa shape index (κ2) is 6.26. The van der Waals surface area contributed by atoms with Gasteiger partial charge in [-0.1, -0.05) is 17.7 Å². The van der Waals surface area contributed by atoms with E-state index in [1.807, 2.05) is 0 Å². The number of hydrogen-bond acceptors (Lipinski definition) is 5. The molecule has 0 aliphatic heterocycles. The van der Waals surface area contributed by atoms with E-state index in [-0.39, 0.29) is 0 Å². The summed E-state index contributed by atoms with van der Waals surface area (Å²) in [6.45, 7) is 1.77. The maximum absolute atomic E-state index is 11.5. The number of rotatable bonds is 4. The third-order valence-corrected chi connectivity index (χ3v) is 2.85. The SMILES string of the molecule is COC(=O)C(Nc1cccc(Cl)c1C)C(=O)OC. The van der Waals surface area contributed by atoms with E-state index in [9.17, 15) is 9.59 Å². The summed E-state index contributed by atoms with van der Waals surface area (Å²) in [6.07, 6.45) is 0. The molecule has 0 radical (unpaired) electrons. The van der Waals surface area contributed by atoms with Crippen molar-refractivity contribution in [1.82, 2.24) is 0 Å². The summed E-state index contributed by atoms with van der Waals surface area (Å²) in [5.74, 6) is -1.44. The maximum atomic E-state index is 11.5. The van der Waals surface area contributed by atoms with Crippen LogP contribution in [0.3, 0.4) is 0 Å². The Balaban J connectivity index is 3.00. The molecule has 1 N–H and O–H groups in total. The van der Waals surface area contributed by atoms with Gasteiger partial charge in [-0.25, -0.2) is 9.59 Å². The summed E-state index contributed by atoms with van der Waals surface area (Å²) in [4.78, 5) is 23.0. The molecule has 0 atom stereocenters. The summed E-state index contributed by atoms with van der Waals surface area (Å²) < 4.78 is 9.08. The van der Waals surface area contributed by atoms with Crippen molar-refractivity contribution in [3.05, 3.63) is 28.8 Å². The summed E-state index contributed by atoms with van der Waals surface area (Å²) in [5, 5.41) is 3.29. The highest BCUT2D eigenvalue weighted by Gasteiger charge is 2.28. The predicted octanol–water partition coefficient (Wildman–Crippen LogP) is 1.77. The molecule has 5 nitrogen and oxygen atoms in total. The van der Waals surface area contributed by atoms with Gasteiger partial charge in [0.2, 0.25) is 6.04 Å². The number of methoxy groups -OCH3 is 2. The van der Waals surface area contributed by atoms with Crippen molar-refractivity contribution in [1.29, 1.82) is 0 Å². The molecular formula is C12H14ClNO4. The lowest BCUT2D eigenvalue weighted by Gasteiger charge is -2.17. The number of anilines is 1. The monoisotopic (exact) mass is 271 g/mol. The van der Waals surface area contributed by atoms with E-state index in [2.05, 4.69) is 14.8 Å². The Morgan fingerprint density at radius 1 is 1.22 bits per heavy atom. The molecule has 0 saturated heterocycles. The fraction of sp³-hybridized carbons (Fsp3) is 0.333. The van der Waals surface area contributed by atoms with Gasteiger partial charge in [-0.2, -0.15) is 0 Å². The lowest BCUT2D eigenvalue weighted by molar-refractivity contribution is -0.152. The first-order valence-electron chi connectivity index (χ1n) is 5.18. The number of benzene rings is 1. The second-order valence-corrected chi connectivity index (χ2v) is 3.94. The van der Waals surface area contributed by atoms with E-state index in [1.165, 1.54) is 14.2 Å². The molecule has 0 unspecified atom stereocenters. The van der Waals surface area contributed by atoms with Crippen molar-refractivity contribution in [3.8, 4) is 0 Å². The fourth-order valence-corrected chi connectivity index (χ4v) is 1.54. The molecule has 0 aromatic heterocycles. The first-order valence-corrected chi connectivity index (χ1v) is 5.56. The highest BCUT2D eigenvalue weighted by atomic mass is 35.5. The topological polar surface area (TPSA) is 64.6 Å². The molecule has 0 saturated carbocycles. The van der Waals surface area contributed by atoms with Gasteiger partial charge < -0.3 is 14.8 Å². The summed E-state index contributed by atoms with van der Waals surface area (Å²) in [5.41, 5.74) is 1.31. The molecule has 0 aliphatic carbocycles. The van der Waals surface area contributed by atoms with Crippen molar-refractivity contribution in [2.45, 2.75) is 13.0 Å². The van der Waals surface area contributed by atoms with E-state index in [0.29, 0.717) is 10.7 Å². The number of ether oxygens (including phenoxy) is 2. The molecule has 0 heterocycles. The highest BCUT2D eigenvalue weighted by molar-refractivity contribution is 6.31. The molecule has 98 valence electrons. The zero-order chi connectivity index (χ0) is 13.7. The molecule has 0 aliphatic rings. The lowest BCUT2D eigenvalue weighted by atomic mass is 10.1. The van der Waals surface area contributed by atoms with E-state index in [4.69, 9.17) is 11.6 Å². The van der Waals surface area contributed by atoms with E-state index < -0.39 is 18.0 Å². The van der Waals surface area contributed by atoms with E-state index in [1.54, 1.807) is 25.1 Å². The van der Waals surface area contributed by atoms with Gasteiger partial charge in [0.25, 0.3) is 0 Å². The van der Waals surface area contributed by atoms with Crippen LogP contribution in [-0.4, -0.2) is 32.2 Å². The van der Waals surface area contributed by atoms with Crippen molar-refractivity contribution >= 4 is 29.2 Å². The Labute approximate surface area is 110 Å². The van der Waals surface area contributed by atoms with Crippen molar-refractivity contribution in [2.24, 2.45) is 0 Å². The van der Waals surface area contributed by atoms with Gasteiger partial charge in [-0.05, 0) is 24.6 Å². The minimum Gasteiger partial charge on any atom is -0.467 e. The van der Waals surface area contributed by atoms with Crippen LogP contribution in [0, 0.1) is 6.92 Å². The summed E-state index contributed by atoms with van der Waals surface area (Å²) in [7, 11) is 2.40. The fourth-order valence-electron chi connectivity index (χ4n) is 1.37. The molecule has 6 heteroatoms. The first kappa shape index (κ1) is 14.3. The molecule has 1 aromatic rings. The van der Waals surface area contributed by atoms with Gasteiger partial charge in [-0.3, -0.25) is 0 Å². The normalized spacial score (nSPS) is 10.1. The van der Waals surface area contributed by atoms with Crippen LogP contribution in [0.15, 0.2) is 18.2 Å². The Kier molecular flexibility index (Phi) is 4.97. The molecule has 1 aromatic carbocycles. The summed E-state index contributed by atoms with van der Waals surface area (Å²) in [6, 6.07) is 3.92. The van der Waals surface area contributed by atoms with Crippen LogP contribution in [0.1, 0.15) is 5.56 Å². The van der Waals surface area contributed by atoms with Crippen LogP contribution in [0.4, 0.5) is 5.69 Å². The van der Waals surface area contributed by atoms with Gasteiger partial charge in [0.15, 0.2) is 0 Å². The molecule has 0 bridgehead atoms. The molecule has 0 amide bonds. The Morgan fingerprint density at radius 2 is 1.78 bits per heavy atom. The molecule has 0 fully saturated rings. The molecule has 18 heavy (non-hydrogen) atoms. The van der Waals surface area contributed by atoms with Gasteiger partial charge >= 0.3 is 11.9 Å². The zero-order valence-electron chi connectivity index (χ0n) is 10.3. The number of esters is 2. The Hall–Kier alpha value is -1.75. The quantitative estimate of drug-likeness (QED) is 0.668. The van der Waals surface area contributed by atoms with Gasteiger partial charge in [0.05, 0.1) is 14.2 Å².